The van der Waals surface area contributed by atoms with Crippen molar-refractivity contribution in [3.05, 3.63) is 96.1 Å². The van der Waals surface area contributed by atoms with Crippen molar-refractivity contribution in [3.8, 4) is 23.3 Å². The molecule has 0 aliphatic rings. The molecule has 10 nitrogen and oxygen atoms in total. The second-order valence-corrected chi connectivity index (χ2v) is 7.30. The second-order valence-electron chi connectivity index (χ2n) is 7.30. The van der Waals surface area contributed by atoms with Crippen LogP contribution in [-0.4, -0.2) is 35.5 Å². The average molecular weight is 489 g/mol. The van der Waals surface area contributed by atoms with Crippen LogP contribution in [0.25, 0.3) is 0 Å². The number of phenolic OH excluding ortho intramolecular Hbond substituents is 1. The van der Waals surface area contributed by atoms with Gasteiger partial charge in [0.25, 0.3) is 5.91 Å². The zero-order valence-corrected chi connectivity index (χ0v) is 19.1. The number of hydroxylamine groups is 1. The number of nitrogens with one attached hydrogen (secondary N) is 2. The van der Waals surface area contributed by atoms with Crippen LogP contribution in [-0.2, 0) is 9.53 Å². The first-order chi connectivity index (χ1) is 17.4. The van der Waals surface area contributed by atoms with Crippen LogP contribution in [0.5, 0.6) is 17.2 Å². The van der Waals surface area contributed by atoms with E-state index < -0.39 is 24.2 Å². The molecule has 0 fully saturated rings. The van der Waals surface area contributed by atoms with Crippen molar-refractivity contribution in [2.75, 3.05) is 12.4 Å². The molecule has 0 bridgehead atoms. The van der Waals surface area contributed by atoms with Crippen LogP contribution in [0.1, 0.15) is 17.2 Å². The van der Waals surface area contributed by atoms with Crippen LogP contribution in [0, 0.1) is 11.3 Å². The molecule has 0 unspecified atom stereocenters. The Kier molecular flexibility index (Phi) is 8.86. The Morgan fingerprint density at radius 2 is 1.78 bits per heavy atom. The summed E-state index contributed by atoms with van der Waals surface area (Å²) in [6, 6.07) is 21.2. The van der Waals surface area contributed by atoms with E-state index in [1.54, 1.807) is 36.4 Å². The second kappa shape index (κ2) is 12.5. The molecule has 4 N–H and O–H groups in total. The van der Waals surface area contributed by atoms with Crippen LogP contribution in [0.3, 0.4) is 0 Å². The number of benzene rings is 3. The van der Waals surface area contributed by atoms with E-state index in [0.717, 1.165) is 6.08 Å². The van der Waals surface area contributed by atoms with Crippen LogP contribution >= 0.6 is 0 Å². The van der Waals surface area contributed by atoms with Crippen molar-refractivity contribution in [1.82, 2.24) is 5.48 Å². The number of methoxy groups -OCH3 is 1. The van der Waals surface area contributed by atoms with Crippen molar-refractivity contribution >= 4 is 17.7 Å². The van der Waals surface area contributed by atoms with E-state index in [9.17, 15) is 14.7 Å². The highest BCUT2D eigenvalue weighted by molar-refractivity contribution is 5.86. The highest BCUT2D eigenvalue weighted by Gasteiger charge is 2.29. The number of carbonyl (C=O) groups is 2. The number of aromatic hydroxyl groups is 1. The quantitative estimate of drug-likeness (QED) is 0.200. The lowest BCUT2D eigenvalue weighted by Gasteiger charge is -2.26. The van der Waals surface area contributed by atoms with Crippen molar-refractivity contribution in [2.24, 2.45) is 0 Å². The number of phenols is 1. The lowest BCUT2D eigenvalue weighted by atomic mass is 10.0. The van der Waals surface area contributed by atoms with E-state index in [2.05, 4.69) is 5.32 Å². The molecular weight excluding hydrogens is 466 g/mol. The van der Waals surface area contributed by atoms with E-state index in [-0.39, 0.29) is 11.5 Å². The minimum atomic E-state index is -1.16. The van der Waals surface area contributed by atoms with Crippen LogP contribution in [0.2, 0.25) is 0 Å². The minimum Gasteiger partial charge on any atom is -0.504 e. The van der Waals surface area contributed by atoms with Gasteiger partial charge in [0.2, 0.25) is 0 Å². The third kappa shape index (κ3) is 6.99. The number of rotatable bonds is 9. The van der Waals surface area contributed by atoms with E-state index in [1.807, 2.05) is 6.07 Å². The molecule has 0 saturated heterocycles. The number of para-hydroxylation sites is 1. The highest BCUT2D eigenvalue weighted by Crippen LogP contribution is 2.33. The predicted octanol–water partition coefficient (Wildman–Crippen LogP) is 4.07. The van der Waals surface area contributed by atoms with Gasteiger partial charge < -0.3 is 19.3 Å². The van der Waals surface area contributed by atoms with E-state index >= 15 is 0 Å². The Morgan fingerprint density at radius 1 is 1.06 bits per heavy atom. The Hall–Kier alpha value is -5.01. The smallest absolute Gasteiger partial charge is 0.412 e. The lowest BCUT2D eigenvalue weighted by molar-refractivity contribution is -0.124. The number of hydrogen-bond donors (Lipinski definition) is 4. The number of hydrogen-bond acceptors (Lipinski definition) is 8. The monoisotopic (exact) mass is 489 g/mol. The normalized spacial score (nSPS) is 12.1. The van der Waals surface area contributed by atoms with E-state index in [1.165, 1.54) is 55.1 Å². The zero-order valence-electron chi connectivity index (χ0n) is 19.1. The topological polar surface area (TPSA) is 150 Å². The van der Waals surface area contributed by atoms with Crippen molar-refractivity contribution in [2.45, 2.75) is 12.2 Å². The van der Waals surface area contributed by atoms with Gasteiger partial charge in [0.15, 0.2) is 23.7 Å². The number of nitriles is 1. The SMILES string of the molecule is COc1ccc([C@H](OC(=O)Nc2ccc(C#N)cc2)[C@H](/C=C/C(=O)NO)Oc2ccccc2)cc1O. The average Bonchev–Trinajstić information content (AvgIpc) is 2.90. The van der Waals surface area contributed by atoms with E-state index in [4.69, 9.17) is 24.7 Å². The van der Waals surface area contributed by atoms with Crippen molar-refractivity contribution in [3.63, 3.8) is 0 Å². The fourth-order valence-electron chi connectivity index (χ4n) is 3.18. The number of nitrogens with zero attached hydrogens (tertiary/aromatic N) is 1. The van der Waals surface area contributed by atoms with Crippen molar-refractivity contribution in [1.29, 1.82) is 5.26 Å². The summed E-state index contributed by atoms with van der Waals surface area (Å²) in [5, 5.41) is 30.7. The molecule has 0 aliphatic heterocycles. The molecule has 0 heterocycles. The van der Waals surface area contributed by atoms with Gasteiger partial charge in [-0.15, -0.1) is 0 Å². The van der Waals surface area contributed by atoms with Gasteiger partial charge in [-0.3, -0.25) is 15.3 Å². The Bertz CT molecular complexity index is 1250. The molecule has 36 heavy (non-hydrogen) atoms. The molecular formula is C26H23N3O7. The standard InChI is InChI=1S/C26H23N3O7/c1-34-22-12-9-18(15-21(22)30)25(36-26(32)28-19-10-7-17(16-27)8-11-19)23(13-14-24(31)29-33)35-20-5-3-2-4-6-20/h2-15,23,25,30,33H,1H3,(H,28,32)(H,29,31)/b14-13+/t23-,25-/m0/s1. The Morgan fingerprint density at radius 3 is 2.39 bits per heavy atom. The summed E-state index contributed by atoms with van der Waals surface area (Å²) in [5.41, 5.74) is 2.62. The summed E-state index contributed by atoms with van der Waals surface area (Å²) in [5.74, 6) is -0.410. The Balaban J connectivity index is 1.96. The predicted molar refractivity (Wildman–Crippen MR) is 129 cm³/mol. The third-order valence-electron chi connectivity index (χ3n) is 4.89. The number of anilines is 1. The maximum absolute atomic E-state index is 12.8. The molecule has 2 amide bonds. The fraction of sp³-hybridized carbons (Fsp3) is 0.115. The van der Waals surface area contributed by atoms with Gasteiger partial charge in [-0.05, 0) is 54.6 Å². The van der Waals surface area contributed by atoms with Crippen LogP contribution in [0.15, 0.2) is 84.9 Å². The van der Waals surface area contributed by atoms with Crippen LogP contribution in [0.4, 0.5) is 10.5 Å². The molecule has 0 radical (unpaired) electrons. The molecule has 2 atom stereocenters. The molecule has 0 aliphatic carbocycles. The number of carbonyl (C=O) groups excluding carboxylic acids is 2. The van der Waals surface area contributed by atoms with Gasteiger partial charge in [-0.1, -0.05) is 24.3 Å². The Labute approximate surface area is 206 Å². The highest BCUT2D eigenvalue weighted by atomic mass is 16.6. The number of amides is 2. The van der Waals surface area contributed by atoms with Gasteiger partial charge in [0, 0.05) is 17.3 Å². The van der Waals surface area contributed by atoms with Crippen molar-refractivity contribution < 1.29 is 34.1 Å². The van der Waals surface area contributed by atoms with Gasteiger partial charge >= 0.3 is 6.09 Å². The lowest BCUT2D eigenvalue weighted by Crippen LogP contribution is -2.30. The molecule has 0 saturated carbocycles. The summed E-state index contributed by atoms with van der Waals surface area (Å²) < 4.78 is 16.8. The van der Waals surface area contributed by atoms with Gasteiger partial charge in [-0.25, -0.2) is 10.3 Å². The van der Waals surface area contributed by atoms with Gasteiger partial charge in [-0.2, -0.15) is 5.26 Å². The summed E-state index contributed by atoms with van der Waals surface area (Å²) in [7, 11) is 1.39. The molecule has 184 valence electrons. The molecule has 10 heteroatoms. The van der Waals surface area contributed by atoms with Gasteiger partial charge in [0.1, 0.15) is 5.75 Å². The van der Waals surface area contributed by atoms with E-state index in [0.29, 0.717) is 22.6 Å². The maximum Gasteiger partial charge on any atom is 0.412 e. The molecule has 0 spiro atoms. The largest absolute Gasteiger partial charge is 0.504 e. The summed E-state index contributed by atoms with van der Waals surface area (Å²) in [6.45, 7) is 0. The van der Waals surface area contributed by atoms with Crippen LogP contribution < -0.4 is 20.3 Å². The minimum absolute atomic E-state index is 0.202. The first-order valence-corrected chi connectivity index (χ1v) is 10.6. The first-order valence-electron chi connectivity index (χ1n) is 10.6. The zero-order chi connectivity index (χ0) is 25.9. The molecule has 3 aromatic carbocycles. The first kappa shape index (κ1) is 25.6. The third-order valence-corrected chi connectivity index (χ3v) is 4.89. The summed E-state index contributed by atoms with van der Waals surface area (Å²) >= 11 is 0. The summed E-state index contributed by atoms with van der Waals surface area (Å²) in [4.78, 5) is 24.5. The summed E-state index contributed by atoms with van der Waals surface area (Å²) in [6.07, 6.45) is -0.764. The molecule has 3 rings (SSSR count). The van der Waals surface area contributed by atoms with Gasteiger partial charge in [0.05, 0.1) is 18.7 Å². The fourth-order valence-corrected chi connectivity index (χ4v) is 3.18. The maximum atomic E-state index is 12.8. The molecule has 0 aromatic heterocycles. The molecule has 3 aromatic rings. The number of ether oxygens (including phenoxy) is 3.